The second kappa shape index (κ2) is 4.89. The second-order valence-electron chi connectivity index (χ2n) is 5.22. The van der Waals surface area contributed by atoms with Crippen LogP contribution in [0.25, 0.3) is 0 Å². The average Bonchev–Trinajstić information content (AvgIpc) is 2.15. The standard InChI is InChI=1S/C12H22O2S/c1-11(2,13)12(3,4)14-15-10-8-6-5-7-9-10/h8,13H,5-7,9H2,1-4H3/p+1. The minimum absolute atomic E-state index is 0.421. The van der Waals surface area contributed by atoms with Crippen LogP contribution in [0.5, 0.6) is 0 Å². The van der Waals surface area contributed by atoms with Gasteiger partial charge in [0, 0.05) is 30.8 Å². The van der Waals surface area contributed by atoms with Gasteiger partial charge in [-0.1, -0.05) is 6.08 Å². The van der Waals surface area contributed by atoms with E-state index < -0.39 is 11.2 Å². The molecule has 0 amide bonds. The number of rotatable bonds is 4. The van der Waals surface area contributed by atoms with Crippen molar-refractivity contribution in [3.05, 3.63) is 11.0 Å². The van der Waals surface area contributed by atoms with E-state index in [1.807, 2.05) is 27.7 Å². The lowest BCUT2D eigenvalue weighted by atomic mass is 9.90. The molecule has 1 rings (SSSR count). The predicted octanol–water partition coefficient (Wildman–Crippen LogP) is 3.39. The van der Waals surface area contributed by atoms with E-state index in [1.54, 1.807) is 0 Å². The van der Waals surface area contributed by atoms with Gasteiger partial charge >= 0.3 is 0 Å². The summed E-state index contributed by atoms with van der Waals surface area (Å²) in [6.07, 6.45) is 7.15. The molecule has 0 radical (unpaired) electrons. The van der Waals surface area contributed by atoms with Gasteiger partial charge in [-0.2, -0.15) is 0 Å². The summed E-state index contributed by atoms with van der Waals surface area (Å²) in [6, 6.07) is 0. The molecular formula is C12H23O2S+. The highest BCUT2D eigenvalue weighted by atomic mass is 32.2. The maximum atomic E-state index is 7.99. The molecule has 0 unspecified atom stereocenters. The first-order chi connectivity index (χ1) is 6.83. The van der Waals surface area contributed by atoms with Gasteiger partial charge in [0.15, 0.2) is 11.2 Å². The fourth-order valence-electron chi connectivity index (χ4n) is 1.15. The monoisotopic (exact) mass is 231 g/mol. The van der Waals surface area contributed by atoms with Crippen molar-refractivity contribution in [2.24, 2.45) is 0 Å². The van der Waals surface area contributed by atoms with E-state index in [0.29, 0.717) is 0 Å². The molecule has 0 bridgehead atoms. The fourth-order valence-corrected chi connectivity index (χ4v) is 2.08. The zero-order chi connectivity index (χ0) is 11.5. The van der Waals surface area contributed by atoms with Crippen molar-refractivity contribution in [3.63, 3.8) is 0 Å². The molecule has 0 aromatic heterocycles. The molecule has 88 valence electrons. The zero-order valence-electron chi connectivity index (χ0n) is 10.2. The van der Waals surface area contributed by atoms with Crippen molar-refractivity contribution in [3.8, 4) is 0 Å². The maximum Gasteiger partial charge on any atom is 0.187 e. The molecule has 0 saturated heterocycles. The van der Waals surface area contributed by atoms with E-state index in [9.17, 15) is 0 Å². The Balaban J connectivity index is 2.45. The van der Waals surface area contributed by atoms with Gasteiger partial charge in [0.05, 0.1) is 0 Å². The Hall–Kier alpha value is 0.01000. The molecule has 0 atom stereocenters. The van der Waals surface area contributed by atoms with Crippen LogP contribution in [0.2, 0.25) is 0 Å². The SMILES string of the molecule is CC(C)([OH2+])C(C)(C)OSC1=CCCCC1. The smallest absolute Gasteiger partial charge is 0.187 e. The Kier molecular flexibility index (Phi) is 4.27. The molecule has 0 heterocycles. The van der Waals surface area contributed by atoms with E-state index >= 15 is 0 Å². The van der Waals surface area contributed by atoms with Crippen LogP contribution in [0.3, 0.4) is 0 Å². The summed E-state index contributed by atoms with van der Waals surface area (Å²) in [5.74, 6) is 0. The Labute approximate surface area is 97.3 Å². The largest absolute Gasteiger partial charge is 0.439 e. The summed E-state index contributed by atoms with van der Waals surface area (Å²) in [4.78, 5) is 1.33. The first-order valence-corrected chi connectivity index (χ1v) is 6.37. The second-order valence-corrected chi connectivity index (χ2v) is 6.08. The van der Waals surface area contributed by atoms with Crippen LogP contribution in [0.15, 0.2) is 11.0 Å². The Morgan fingerprint density at radius 2 is 1.93 bits per heavy atom. The summed E-state index contributed by atoms with van der Waals surface area (Å²) >= 11 is 1.47. The minimum Gasteiger partial charge on any atom is -0.439 e. The molecule has 0 aliphatic heterocycles. The van der Waals surface area contributed by atoms with Crippen molar-refractivity contribution in [1.82, 2.24) is 0 Å². The maximum absolute atomic E-state index is 7.99. The molecule has 0 saturated carbocycles. The van der Waals surface area contributed by atoms with Crippen LogP contribution in [-0.4, -0.2) is 16.3 Å². The molecule has 0 aromatic rings. The first kappa shape index (κ1) is 13.1. The summed E-state index contributed by atoms with van der Waals surface area (Å²) < 4.78 is 5.79. The summed E-state index contributed by atoms with van der Waals surface area (Å²) in [5, 5.41) is 7.99. The third-order valence-electron chi connectivity index (χ3n) is 3.11. The minimum atomic E-state index is -0.574. The molecule has 1 aliphatic rings. The van der Waals surface area contributed by atoms with Gasteiger partial charge in [0.1, 0.15) is 0 Å². The zero-order valence-corrected chi connectivity index (χ0v) is 11.0. The number of hydrogen-bond acceptors (Lipinski definition) is 2. The molecule has 2 N–H and O–H groups in total. The normalized spacial score (nSPS) is 18.9. The average molecular weight is 231 g/mol. The van der Waals surface area contributed by atoms with E-state index in [1.165, 1.54) is 36.2 Å². The fraction of sp³-hybridized carbons (Fsp3) is 0.833. The molecule has 1 aliphatic carbocycles. The number of allylic oxidation sites excluding steroid dienone is 2. The lowest BCUT2D eigenvalue weighted by molar-refractivity contribution is -0.0810. The van der Waals surface area contributed by atoms with Gasteiger partial charge in [-0.3, -0.25) is 4.18 Å². The molecule has 15 heavy (non-hydrogen) atoms. The van der Waals surface area contributed by atoms with Crippen LogP contribution in [0.4, 0.5) is 0 Å². The van der Waals surface area contributed by atoms with Gasteiger partial charge in [-0.15, -0.1) is 0 Å². The van der Waals surface area contributed by atoms with E-state index in [2.05, 4.69) is 6.08 Å². The molecule has 2 nitrogen and oxygen atoms in total. The first-order valence-electron chi connectivity index (χ1n) is 5.63. The lowest BCUT2D eigenvalue weighted by Crippen LogP contribution is -2.45. The van der Waals surface area contributed by atoms with E-state index in [4.69, 9.17) is 9.29 Å². The molecule has 0 fully saturated rings. The molecule has 3 heteroatoms. The molecule has 0 aromatic carbocycles. The highest BCUT2D eigenvalue weighted by Crippen LogP contribution is 2.35. The Morgan fingerprint density at radius 1 is 1.27 bits per heavy atom. The van der Waals surface area contributed by atoms with Gasteiger partial charge in [0.2, 0.25) is 0 Å². The van der Waals surface area contributed by atoms with Gasteiger partial charge < -0.3 is 5.11 Å². The van der Waals surface area contributed by atoms with Crippen LogP contribution in [0, 0.1) is 0 Å². The highest BCUT2D eigenvalue weighted by molar-refractivity contribution is 7.98. The lowest BCUT2D eigenvalue weighted by Gasteiger charge is -2.32. The van der Waals surface area contributed by atoms with Gasteiger partial charge in [-0.25, -0.2) is 0 Å². The number of hydrogen-bond donors (Lipinski definition) is 0. The quantitative estimate of drug-likeness (QED) is 0.548. The molecule has 0 spiro atoms. The Morgan fingerprint density at radius 3 is 2.40 bits per heavy atom. The highest BCUT2D eigenvalue weighted by Gasteiger charge is 2.41. The van der Waals surface area contributed by atoms with Crippen molar-refractivity contribution in [2.75, 3.05) is 0 Å². The van der Waals surface area contributed by atoms with Crippen molar-refractivity contribution < 1.29 is 9.29 Å². The third kappa shape index (κ3) is 3.82. The van der Waals surface area contributed by atoms with Crippen molar-refractivity contribution in [2.45, 2.75) is 64.6 Å². The van der Waals surface area contributed by atoms with Crippen LogP contribution in [-0.2, 0) is 4.18 Å². The van der Waals surface area contributed by atoms with E-state index in [-0.39, 0.29) is 0 Å². The summed E-state index contributed by atoms with van der Waals surface area (Å²) in [5.41, 5.74) is -0.995. The van der Waals surface area contributed by atoms with Gasteiger partial charge in [-0.05, 0) is 39.5 Å². The topological polar surface area (TPSA) is 32.1 Å². The summed E-state index contributed by atoms with van der Waals surface area (Å²) in [6.45, 7) is 7.75. The van der Waals surface area contributed by atoms with Crippen LogP contribution < -0.4 is 0 Å². The molecular weight excluding hydrogens is 208 g/mol. The van der Waals surface area contributed by atoms with Crippen LogP contribution >= 0.6 is 12.0 Å². The third-order valence-corrected chi connectivity index (χ3v) is 4.20. The van der Waals surface area contributed by atoms with Crippen LogP contribution in [0.1, 0.15) is 53.4 Å². The summed E-state index contributed by atoms with van der Waals surface area (Å²) in [7, 11) is 0. The Bertz CT molecular complexity index is 238. The van der Waals surface area contributed by atoms with Gasteiger partial charge in [0.25, 0.3) is 0 Å². The van der Waals surface area contributed by atoms with Crippen molar-refractivity contribution >= 4 is 12.0 Å². The van der Waals surface area contributed by atoms with Crippen molar-refractivity contribution in [1.29, 1.82) is 0 Å². The predicted molar refractivity (Wildman–Crippen MR) is 67.0 cm³/mol. The van der Waals surface area contributed by atoms with E-state index in [0.717, 1.165) is 6.42 Å².